The first-order valence-corrected chi connectivity index (χ1v) is 33.5. The van der Waals surface area contributed by atoms with Crippen LogP contribution in [0.15, 0.2) is 139 Å². The van der Waals surface area contributed by atoms with Crippen LogP contribution >= 0.6 is 23.2 Å². The molecule has 25 heteroatoms. The third-order valence-corrected chi connectivity index (χ3v) is 18.4. The largest absolute Gasteiger partial charge is 0.493 e. The molecule has 3 aromatic heterocycles. The highest BCUT2D eigenvalue weighted by Gasteiger charge is 2.60. The normalized spacial score (nSPS) is 18.4. The number of benzene rings is 5. The predicted octanol–water partition coefficient (Wildman–Crippen LogP) is 10.5. The number of piperazine rings is 1. The highest BCUT2D eigenvalue weighted by Crippen LogP contribution is 2.54. The van der Waals surface area contributed by atoms with E-state index in [4.69, 9.17) is 67.4 Å². The number of urea groups is 1. The lowest BCUT2D eigenvalue weighted by atomic mass is 9.71. The molecular formula is C71H84Cl2N14O9. The molecule has 0 bridgehead atoms. The lowest BCUT2D eigenvalue weighted by molar-refractivity contribution is -0.122. The molecule has 3 unspecified atom stereocenters. The van der Waals surface area contributed by atoms with E-state index in [0.29, 0.717) is 167 Å². The van der Waals surface area contributed by atoms with E-state index < -0.39 is 11.1 Å². The summed E-state index contributed by atoms with van der Waals surface area (Å²) in [5.74, 6) is 2.54. The van der Waals surface area contributed by atoms with Crippen LogP contribution < -0.4 is 20.5 Å². The fourth-order valence-electron chi connectivity index (χ4n) is 12.5. The van der Waals surface area contributed by atoms with Crippen molar-refractivity contribution in [1.82, 2.24) is 59.7 Å². The van der Waals surface area contributed by atoms with Crippen LogP contribution in [0.25, 0.3) is 22.3 Å². The van der Waals surface area contributed by atoms with Crippen LogP contribution in [0, 0.1) is 0 Å². The molecule has 0 aliphatic carbocycles. The van der Waals surface area contributed by atoms with Crippen LogP contribution in [-0.2, 0) is 46.8 Å². The van der Waals surface area contributed by atoms with Gasteiger partial charge in [-0.15, -0.1) is 5.10 Å². The van der Waals surface area contributed by atoms with Crippen molar-refractivity contribution in [2.75, 3.05) is 118 Å². The number of hydrogen-bond acceptors (Lipinski definition) is 17. The van der Waals surface area contributed by atoms with Gasteiger partial charge in [0.15, 0.2) is 11.3 Å². The van der Waals surface area contributed by atoms with Gasteiger partial charge in [-0.05, 0) is 129 Å². The molecule has 4 amide bonds. The molecule has 3 atom stereocenters. The number of nitrogens with one attached hydrogen (secondary N) is 1. The second-order valence-corrected chi connectivity index (χ2v) is 26.1. The monoisotopic (exact) mass is 1350 g/mol. The summed E-state index contributed by atoms with van der Waals surface area (Å²) in [6.07, 6.45) is 4.63. The molecule has 3 N–H and O–H groups in total. The third kappa shape index (κ3) is 15.8. The maximum atomic E-state index is 15.5. The van der Waals surface area contributed by atoms with Crippen molar-refractivity contribution in [1.29, 1.82) is 0 Å². The summed E-state index contributed by atoms with van der Waals surface area (Å²) in [7, 11) is 0. The number of piperidine rings is 1. The zero-order valence-corrected chi connectivity index (χ0v) is 56.8. The first-order valence-electron chi connectivity index (χ1n) is 32.7. The van der Waals surface area contributed by atoms with Crippen molar-refractivity contribution in [3.05, 3.63) is 172 Å². The lowest BCUT2D eigenvalue weighted by Gasteiger charge is -2.47. The van der Waals surface area contributed by atoms with Crippen molar-refractivity contribution < 1.29 is 42.8 Å². The molecule has 96 heavy (non-hydrogen) atoms. The van der Waals surface area contributed by atoms with Gasteiger partial charge in [-0.3, -0.25) is 24.4 Å². The van der Waals surface area contributed by atoms with E-state index in [0.717, 1.165) is 40.8 Å². The van der Waals surface area contributed by atoms with Gasteiger partial charge in [0.2, 0.25) is 5.91 Å². The average molecular weight is 1350 g/mol. The molecule has 8 aromatic rings. The van der Waals surface area contributed by atoms with Gasteiger partial charge in [0.1, 0.15) is 52.0 Å². The SMILES string of the molecule is CCOc1cc(C(C)(C)C)ccc1C1=NC(C)(c2ccc(Cl)cc2)C(C)(c2ccc(Cl)cc2)N1C(=O)N1CCN(CC(=O)NCCOCCOCCOCCOCCn2cc(C(=O)N3CCCC(n4nc(-c5ccc(Oc6ccccc6)cc5)c5c(N)ncnc54)C3)nn2)CC1. The maximum Gasteiger partial charge on any atom is 0.326 e. The molecular weight excluding hydrogens is 1260 g/mol. The van der Waals surface area contributed by atoms with E-state index in [9.17, 15) is 9.59 Å². The first-order chi connectivity index (χ1) is 46.4. The van der Waals surface area contributed by atoms with Gasteiger partial charge in [-0.2, -0.15) is 5.10 Å². The molecule has 5 aromatic carbocycles. The van der Waals surface area contributed by atoms with Gasteiger partial charge in [-0.1, -0.05) is 97.7 Å². The number of carbonyl (C=O) groups is 3. The Kier molecular flexibility index (Phi) is 22.3. The van der Waals surface area contributed by atoms with E-state index in [1.807, 2.05) is 131 Å². The summed E-state index contributed by atoms with van der Waals surface area (Å²) < 4.78 is 38.7. The number of nitrogens with two attached hydrogens (primary N) is 1. The zero-order valence-electron chi connectivity index (χ0n) is 55.3. The topological polar surface area (TPSA) is 244 Å². The fourth-order valence-corrected chi connectivity index (χ4v) is 12.7. The predicted molar refractivity (Wildman–Crippen MR) is 368 cm³/mol. The molecule has 11 rings (SSSR count). The number of ether oxygens (including phenoxy) is 6. The number of rotatable bonds is 27. The van der Waals surface area contributed by atoms with Gasteiger partial charge in [0.05, 0.1) is 95.7 Å². The van der Waals surface area contributed by atoms with Gasteiger partial charge in [0.25, 0.3) is 5.91 Å². The van der Waals surface area contributed by atoms with Crippen LogP contribution in [0.4, 0.5) is 10.6 Å². The number of likely N-dealkylation sites (tertiary alicyclic amines) is 1. The van der Waals surface area contributed by atoms with E-state index in [1.54, 1.807) is 15.8 Å². The van der Waals surface area contributed by atoms with Crippen LogP contribution in [0.3, 0.4) is 0 Å². The van der Waals surface area contributed by atoms with Gasteiger partial charge in [0, 0.05) is 61.4 Å². The number of fused-ring (bicyclic) bond motifs is 1. The summed E-state index contributed by atoms with van der Waals surface area (Å²) >= 11 is 13.0. The number of para-hydroxylation sites is 1. The Labute approximate surface area is 569 Å². The molecule has 3 aliphatic rings. The number of halogens is 2. The van der Waals surface area contributed by atoms with Crippen molar-refractivity contribution in [3.8, 4) is 28.5 Å². The standard InChI is InChI=1S/C71H84Cl2N14O9/c1-7-95-60-44-52(69(2,3)4)21-28-58(60)65-78-70(5,50-17-22-53(72)23-18-50)71(6,51-19-24-54(73)25-20-51)86(65)68(90)83-33-31-82(32-34-83)47-61(88)75-29-36-91-38-40-93-42-43-94-41-39-92-37-35-85-46-59(79-81-85)67(89)84-30-11-12-55(45-84)87-66-62(64(74)76-48-77-66)63(80-87)49-15-26-57(27-16-49)96-56-13-9-8-10-14-56/h8-10,13-28,44,46,48,55H,7,11-12,29-43,45,47H2,1-6H3,(H,75,88)(H2,74,76,77). The summed E-state index contributed by atoms with van der Waals surface area (Å²) in [5.41, 5.74) is 10.1. The Morgan fingerprint density at radius 3 is 2.04 bits per heavy atom. The summed E-state index contributed by atoms with van der Waals surface area (Å²) in [4.78, 5) is 64.5. The minimum atomic E-state index is -1.07. The lowest BCUT2D eigenvalue weighted by Crippen LogP contribution is -2.61. The van der Waals surface area contributed by atoms with Gasteiger partial charge < -0.3 is 49.3 Å². The van der Waals surface area contributed by atoms with E-state index >= 15 is 4.79 Å². The second kappa shape index (κ2) is 31.1. The molecule has 2 saturated heterocycles. The van der Waals surface area contributed by atoms with Gasteiger partial charge in [-0.25, -0.2) is 24.1 Å². The second-order valence-electron chi connectivity index (χ2n) is 25.3. The molecule has 0 spiro atoms. The fraction of sp³-hybridized carbons (Fsp3) is 0.423. The Morgan fingerprint density at radius 2 is 1.38 bits per heavy atom. The zero-order chi connectivity index (χ0) is 67.4. The third-order valence-electron chi connectivity index (χ3n) is 17.9. The number of carbonyl (C=O) groups excluding carboxylic acids is 3. The molecule has 506 valence electrons. The average Bonchev–Trinajstić information content (AvgIpc) is 1.55. The van der Waals surface area contributed by atoms with Gasteiger partial charge >= 0.3 is 6.03 Å². The molecule has 3 aliphatic heterocycles. The van der Waals surface area contributed by atoms with E-state index in [1.165, 1.54) is 6.33 Å². The Bertz CT molecular complexity index is 3980. The highest BCUT2D eigenvalue weighted by atomic mass is 35.5. The number of amides is 4. The maximum absolute atomic E-state index is 15.5. The summed E-state index contributed by atoms with van der Waals surface area (Å²) in [6.45, 7) is 19.6. The molecule has 6 heterocycles. The minimum absolute atomic E-state index is 0.127. The number of amidine groups is 1. The number of aliphatic imine (C=N–C) groups is 1. The molecule has 0 radical (unpaired) electrons. The van der Waals surface area contributed by atoms with Crippen LogP contribution in [0.1, 0.15) is 93.2 Å². The molecule has 2 fully saturated rings. The number of aromatic nitrogens is 7. The smallest absolute Gasteiger partial charge is 0.326 e. The Balaban J connectivity index is 0.566. The van der Waals surface area contributed by atoms with Crippen LogP contribution in [-0.4, -0.2) is 190 Å². The van der Waals surface area contributed by atoms with Crippen molar-refractivity contribution in [2.45, 2.75) is 83.5 Å². The number of anilines is 1. The Hall–Kier alpha value is -8.55. The van der Waals surface area contributed by atoms with E-state index in [-0.39, 0.29) is 41.5 Å². The van der Waals surface area contributed by atoms with Crippen molar-refractivity contribution in [2.24, 2.45) is 4.99 Å². The van der Waals surface area contributed by atoms with Crippen molar-refractivity contribution >= 4 is 63.7 Å². The van der Waals surface area contributed by atoms with E-state index in [2.05, 4.69) is 77.2 Å². The quantitative estimate of drug-likeness (QED) is 0.0455. The summed E-state index contributed by atoms with van der Waals surface area (Å²) in [6, 6.07) is 38.3. The first kappa shape index (κ1) is 68.8. The van der Waals surface area contributed by atoms with Crippen molar-refractivity contribution in [3.63, 3.8) is 0 Å². The van der Waals surface area contributed by atoms with Crippen LogP contribution in [0.5, 0.6) is 17.2 Å². The molecule has 23 nitrogen and oxygen atoms in total. The highest BCUT2D eigenvalue weighted by molar-refractivity contribution is 6.31. The minimum Gasteiger partial charge on any atom is -0.493 e. The molecule has 0 saturated carbocycles. The van der Waals surface area contributed by atoms with Crippen LogP contribution in [0.2, 0.25) is 10.0 Å². The Morgan fingerprint density at radius 1 is 0.729 bits per heavy atom. The summed E-state index contributed by atoms with van der Waals surface area (Å²) in [5, 5.41) is 18.2. The number of hydrogen-bond donors (Lipinski definition) is 2. The number of nitrogens with zero attached hydrogens (tertiary/aromatic N) is 12. The number of nitrogen functional groups attached to an aromatic ring is 1.